The summed E-state index contributed by atoms with van der Waals surface area (Å²) in [6.45, 7) is 12.9. The zero-order valence-corrected chi connectivity index (χ0v) is 33.7. The van der Waals surface area contributed by atoms with Gasteiger partial charge in [-0.1, -0.05) is 115 Å². The molecule has 0 bridgehead atoms. The van der Waals surface area contributed by atoms with Gasteiger partial charge in [-0.05, 0) is 158 Å². The predicted octanol–water partition coefficient (Wildman–Crippen LogP) is 13.8. The van der Waals surface area contributed by atoms with E-state index in [2.05, 4.69) is 187 Å². The SMILES string of the molecule is C/C=C\C(C)=C(\C)c1ccc(-c2cc(-c3cccc(-c4ccnc5c4CC(C)C=C5)c3)cc(-c3nc(C4=CC(C)=CCC=C4)nc(-c4cccc(C)c4)n3)c2)cc1. The van der Waals surface area contributed by atoms with E-state index < -0.39 is 0 Å². The van der Waals surface area contributed by atoms with Gasteiger partial charge in [-0.25, -0.2) is 15.0 Å². The lowest BCUT2D eigenvalue weighted by Crippen LogP contribution is -2.06. The second-order valence-electron chi connectivity index (χ2n) is 15.4. The molecule has 0 amide bonds. The third kappa shape index (κ3) is 8.22. The van der Waals surface area contributed by atoms with Crippen molar-refractivity contribution >= 4 is 17.2 Å². The Kier molecular flexibility index (Phi) is 10.7. The summed E-state index contributed by atoms with van der Waals surface area (Å²) in [5.74, 6) is 2.42. The highest BCUT2D eigenvalue weighted by molar-refractivity contribution is 5.84. The minimum Gasteiger partial charge on any atom is -0.257 e. The first kappa shape index (κ1) is 37.4. The maximum atomic E-state index is 5.22. The first-order valence-electron chi connectivity index (χ1n) is 19.9. The Morgan fingerprint density at radius 2 is 1.37 bits per heavy atom. The highest BCUT2D eigenvalue weighted by atomic mass is 15.0. The molecule has 4 nitrogen and oxygen atoms in total. The van der Waals surface area contributed by atoms with Crippen LogP contribution in [0.4, 0.5) is 0 Å². The number of pyridine rings is 1. The highest BCUT2D eigenvalue weighted by Crippen LogP contribution is 2.37. The molecule has 0 saturated carbocycles. The van der Waals surface area contributed by atoms with Gasteiger partial charge in [0.15, 0.2) is 17.5 Å². The van der Waals surface area contributed by atoms with Crippen LogP contribution in [0.2, 0.25) is 0 Å². The van der Waals surface area contributed by atoms with Gasteiger partial charge in [-0.15, -0.1) is 0 Å². The molecule has 0 aliphatic heterocycles. The number of hydrogen-bond donors (Lipinski definition) is 0. The summed E-state index contributed by atoms with van der Waals surface area (Å²) in [7, 11) is 0. The summed E-state index contributed by atoms with van der Waals surface area (Å²) in [5, 5.41) is 0. The van der Waals surface area contributed by atoms with Crippen LogP contribution in [0.25, 0.3) is 73.4 Å². The van der Waals surface area contributed by atoms with Crippen molar-refractivity contribution in [1.29, 1.82) is 0 Å². The third-order valence-corrected chi connectivity index (χ3v) is 11.0. The molecule has 57 heavy (non-hydrogen) atoms. The van der Waals surface area contributed by atoms with Crippen molar-refractivity contribution in [2.75, 3.05) is 0 Å². The molecule has 2 aliphatic rings. The Morgan fingerprint density at radius 1 is 0.684 bits per heavy atom. The van der Waals surface area contributed by atoms with Gasteiger partial charge in [0.05, 0.1) is 5.69 Å². The van der Waals surface area contributed by atoms with Crippen molar-refractivity contribution < 1.29 is 0 Å². The minimum atomic E-state index is 0.472. The fourth-order valence-electron chi connectivity index (χ4n) is 7.74. The molecule has 0 saturated heterocycles. The van der Waals surface area contributed by atoms with Crippen LogP contribution < -0.4 is 0 Å². The molecule has 2 aromatic heterocycles. The van der Waals surface area contributed by atoms with E-state index in [0.29, 0.717) is 23.4 Å². The Labute approximate surface area is 337 Å². The monoisotopic (exact) mass is 740 g/mol. The van der Waals surface area contributed by atoms with Crippen LogP contribution in [-0.4, -0.2) is 19.9 Å². The summed E-state index contributed by atoms with van der Waals surface area (Å²) in [6.07, 6.45) is 21.2. The van der Waals surface area contributed by atoms with Crippen molar-refractivity contribution in [3.05, 3.63) is 185 Å². The van der Waals surface area contributed by atoms with E-state index in [0.717, 1.165) is 63.1 Å². The topological polar surface area (TPSA) is 51.6 Å². The van der Waals surface area contributed by atoms with Gasteiger partial charge in [-0.3, -0.25) is 4.98 Å². The number of rotatable bonds is 8. The summed E-state index contributed by atoms with van der Waals surface area (Å²) >= 11 is 0. The predicted molar refractivity (Wildman–Crippen MR) is 240 cm³/mol. The van der Waals surface area contributed by atoms with E-state index in [-0.39, 0.29) is 0 Å². The molecule has 4 heteroatoms. The average molecular weight is 741 g/mol. The van der Waals surface area contributed by atoms with Gasteiger partial charge < -0.3 is 0 Å². The Bertz CT molecular complexity index is 2680. The lowest BCUT2D eigenvalue weighted by atomic mass is 9.87. The minimum absolute atomic E-state index is 0.472. The van der Waals surface area contributed by atoms with Crippen molar-refractivity contribution in [3.8, 4) is 56.2 Å². The van der Waals surface area contributed by atoms with Crippen LogP contribution in [0.15, 0.2) is 157 Å². The molecule has 0 radical (unpaired) electrons. The van der Waals surface area contributed by atoms with Gasteiger partial charge in [0.25, 0.3) is 0 Å². The fourth-order valence-corrected chi connectivity index (χ4v) is 7.74. The number of benzene rings is 4. The third-order valence-electron chi connectivity index (χ3n) is 11.0. The molecule has 1 atom stereocenters. The molecular formula is C53H48N4. The van der Waals surface area contributed by atoms with E-state index in [1.54, 1.807) is 0 Å². The van der Waals surface area contributed by atoms with Crippen LogP contribution in [0, 0.1) is 12.8 Å². The second kappa shape index (κ2) is 16.3. The number of hydrogen-bond acceptors (Lipinski definition) is 4. The molecular weight excluding hydrogens is 693 g/mol. The van der Waals surface area contributed by atoms with Crippen LogP contribution in [-0.2, 0) is 6.42 Å². The van der Waals surface area contributed by atoms with E-state index in [1.165, 1.54) is 39.0 Å². The van der Waals surface area contributed by atoms with Crippen molar-refractivity contribution in [3.63, 3.8) is 0 Å². The number of aromatic nitrogens is 4. The number of nitrogens with zero attached hydrogens (tertiary/aromatic N) is 4. The second-order valence-corrected chi connectivity index (χ2v) is 15.4. The zero-order chi connectivity index (χ0) is 39.5. The fraction of sp³-hybridized carbons (Fsp3) is 0.170. The highest BCUT2D eigenvalue weighted by Gasteiger charge is 2.19. The summed E-state index contributed by atoms with van der Waals surface area (Å²) < 4.78 is 0. The molecule has 1 unspecified atom stereocenters. The van der Waals surface area contributed by atoms with E-state index in [4.69, 9.17) is 19.9 Å². The molecule has 0 spiro atoms. The van der Waals surface area contributed by atoms with Gasteiger partial charge in [0.2, 0.25) is 0 Å². The summed E-state index contributed by atoms with van der Waals surface area (Å²) in [5.41, 5.74) is 18.2. The van der Waals surface area contributed by atoms with Crippen molar-refractivity contribution in [2.45, 2.75) is 54.4 Å². The largest absolute Gasteiger partial charge is 0.257 e. The maximum absolute atomic E-state index is 5.22. The normalized spacial score (nSPS) is 15.5. The summed E-state index contributed by atoms with van der Waals surface area (Å²) in [4.78, 5) is 20.2. The molecule has 8 rings (SSSR count). The first-order chi connectivity index (χ1) is 27.7. The zero-order valence-electron chi connectivity index (χ0n) is 33.7. The molecule has 2 aliphatic carbocycles. The number of aryl methyl sites for hydroxylation is 1. The smallest absolute Gasteiger partial charge is 0.164 e. The molecule has 0 fully saturated rings. The Balaban J connectivity index is 1.31. The lowest BCUT2D eigenvalue weighted by molar-refractivity contribution is 0.714. The van der Waals surface area contributed by atoms with E-state index in [1.807, 2.05) is 6.20 Å². The molecule has 280 valence electrons. The average Bonchev–Trinajstić information content (AvgIpc) is 3.47. The van der Waals surface area contributed by atoms with Gasteiger partial charge in [-0.2, -0.15) is 0 Å². The lowest BCUT2D eigenvalue weighted by Gasteiger charge is -2.19. The van der Waals surface area contributed by atoms with Crippen LogP contribution in [0.1, 0.15) is 69.2 Å². The molecule has 4 aromatic carbocycles. The van der Waals surface area contributed by atoms with Gasteiger partial charge >= 0.3 is 0 Å². The van der Waals surface area contributed by atoms with Crippen molar-refractivity contribution in [1.82, 2.24) is 19.9 Å². The quantitative estimate of drug-likeness (QED) is 0.146. The van der Waals surface area contributed by atoms with Crippen LogP contribution in [0.5, 0.6) is 0 Å². The van der Waals surface area contributed by atoms with Gasteiger partial charge in [0.1, 0.15) is 0 Å². The Morgan fingerprint density at radius 3 is 2.16 bits per heavy atom. The Hall–Kier alpha value is -6.52. The van der Waals surface area contributed by atoms with E-state index >= 15 is 0 Å². The van der Waals surface area contributed by atoms with E-state index in [9.17, 15) is 0 Å². The molecule has 6 aromatic rings. The van der Waals surface area contributed by atoms with Gasteiger partial charge in [0, 0.05) is 22.9 Å². The molecule has 2 heterocycles. The first-order valence-corrected chi connectivity index (χ1v) is 19.9. The summed E-state index contributed by atoms with van der Waals surface area (Å²) in [6, 6.07) is 35.1. The maximum Gasteiger partial charge on any atom is 0.164 e. The van der Waals surface area contributed by atoms with Crippen LogP contribution in [0.3, 0.4) is 0 Å². The van der Waals surface area contributed by atoms with Crippen molar-refractivity contribution in [2.24, 2.45) is 5.92 Å². The number of allylic oxidation sites excluding steroid dienone is 11. The number of fused-ring (bicyclic) bond motifs is 1. The molecule has 0 N–H and O–H groups in total. The van der Waals surface area contributed by atoms with Crippen LogP contribution >= 0.6 is 0 Å². The standard InChI is InChI=1S/C53H48N4/c1-7-12-37(5)38(6)39-20-22-40(23-21-39)45-31-46(41-16-11-17-42(30-41)48-25-26-54-50-24-19-36(4)29-49(48)50)33-47(32-45)53-56-51(43-15-9-8-13-34(2)27-43)55-52(57-53)44-18-10-14-35(3)28-44/h7,9-28,30-33,36H,8,29H2,1-6H3/b12-7-,38-37-.